The lowest BCUT2D eigenvalue weighted by Gasteiger charge is -2.02. The lowest BCUT2D eigenvalue weighted by atomic mass is 10.1. The van der Waals surface area contributed by atoms with Crippen LogP contribution in [-0.4, -0.2) is 12.4 Å². The highest BCUT2D eigenvalue weighted by Gasteiger charge is 2.01. The van der Waals surface area contributed by atoms with Crippen LogP contribution >= 0.6 is 0 Å². The molecule has 23 heavy (non-hydrogen) atoms. The highest BCUT2D eigenvalue weighted by atomic mass is 19.1. The summed E-state index contributed by atoms with van der Waals surface area (Å²) in [5.41, 5.74) is 3.67. The first-order valence-corrected chi connectivity index (χ1v) is 8.10. The first kappa shape index (κ1) is 17.1. The van der Waals surface area contributed by atoms with Crippen LogP contribution in [0.4, 0.5) is 4.39 Å². The Labute approximate surface area is 137 Å². The summed E-state index contributed by atoms with van der Waals surface area (Å²) in [4.78, 5) is 0. The van der Waals surface area contributed by atoms with Crippen LogP contribution in [0, 0.1) is 12.7 Å². The second-order valence-electron chi connectivity index (χ2n) is 5.71. The van der Waals surface area contributed by atoms with Crippen molar-refractivity contribution in [1.29, 1.82) is 0 Å². The summed E-state index contributed by atoms with van der Waals surface area (Å²) in [6, 6.07) is 13.3. The molecule has 2 nitrogen and oxygen atoms in total. The van der Waals surface area contributed by atoms with Gasteiger partial charge in [0.15, 0.2) is 0 Å². The van der Waals surface area contributed by atoms with Crippen molar-refractivity contribution in [2.75, 3.05) is 0 Å². The highest BCUT2D eigenvalue weighted by Crippen LogP contribution is 2.12. The van der Waals surface area contributed by atoms with Gasteiger partial charge in [0.2, 0.25) is 0 Å². The molecule has 120 valence electrons. The van der Waals surface area contributed by atoms with Crippen LogP contribution in [0.25, 0.3) is 0 Å². The molecule has 0 N–H and O–H groups in total. The van der Waals surface area contributed by atoms with Crippen LogP contribution in [0.15, 0.2) is 52.7 Å². The Balaban J connectivity index is 1.95. The molecule has 0 bridgehead atoms. The van der Waals surface area contributed by atoms with Gasteiger partial charge in [-0.15, -0.1) is 0 Å². The average molecular weight is 310 g/mol. The Bertz CT molecular complexity index is 673. The van der Waals surface area contributed by atoms with E-state index >= 15 is 0 Å². The van der Waals surface area contributed by atoms with Gasteiger partial charge in [-0.1, -0.05) is 61.7 Å². The lowest BCUT2D eigenvalue weighted by molar-refractivity contribution is 0.621. The minimum absolute atomic E-state index is 0.242. The van der Waals surface area contributed by atoms with Crippen molar-refractivity contribution < 1.29 is 4.39 Å². The van der Waals surface area contributed by atoms with Crippen molar-refractivity contribution in [3.05, 3.63) is 70.5 Å². The van der Waals surface area contributed by atoms with Crippen molar-refractivity contribution in [1.82, 2.24) is 0 Å². The Morgan fingerprint density at radius 2 is 1.70 bits per heavy atom. The standard InChI is InChI=1S/C20H23FN2/c1-3-4-5-6-17-11-12-19(20(21)13-17)15-23-22-14-18-9-7-16(2)8-10-18/h7-15H,3-6H2,1-2H3/b22-14+,23-15+. The van der Waals surface area contributed by atoms with E-state index in [1.54, 1.807) is 18.3 Å². The summed E-state index contributed by atoms with van der Waals surface area (Å²) in [6.45, 7) is 4.20. The molecule has 0 saturated heterocycles. The lowest BCUT2D eigenvalue weighted by Crippen LogP contribution is -1.92. The fourth-order valence-corrected chi connectivity index (χ4v) is 2.26. The molecule has 0 aliphatic rings. The molecular formula is C20H23FN2. The summed E-state index contributed by atoms with van der Waals surface area (Å²) in [7, 11) is 0. The van der Waals surface area contributed by atoms with Crippen LogP contribution in [-0.2, 0) is 6.42 Å². The van der Waals surface area contributed by atoms with Crippen LogP contribution < -0.4 is 0 Å². The smallest absolute Gasteiger partial charge is 0.132 e. The summed E-state index contributed by atoms with van der Waals surface area (Å²) in [6.07, 6.45) is 7.49. The number of rotatable bonds is 7. The van der Waals surface area contributed by atoms with E-state index in [1.165, 1.54) is 24.6 Å². The molecule has 0 saturated carbocycles. The van der Waals surface area contributed by atoms with E-state index in [1.807, 2.05) is 37.3 Å². The third-order valence-electron chi connectivity index (χ3n) is 3.68. The van der Waals surface area contributed by atoms with E-state index in [2.05, 4.69) is 17.1 Å². The van der Waals surface area contributed by atoms with Gasteiger partial charge in [-0.2, -0.15) is 10.2 Å². The molecule has 0 unspecified atom stereocenters. The number of nitrogens with zero attached hydrogens (tertiary/aromatic N) is 2. The largest absolute Gasteiger partial charge is 0.206 e. The van der Waals surface area contributed by atoms with Crippen molar-refractivity contribution in [2.45, 2.75) is 39.5 Å². The van der Waals surface area contributed by atoms with Gasteiger partial charge in [-0.25, -0.2) is 4.39 Å². The molecule has 0 aliphatic carbocycles. The molecular weight excluding hydrogens is 287 g/mol. The van der Waals surface area contributed by atoms with E-state index in [9.17, 15) is 4.39 Å². The maximum absolute atomic E-state index is 14.0. The summed E-state index contributed by atoms with van der Waals surface area (Å²) >= 11 is 0. The van der Waals surface area contributed by atoms with Crippen molar-refractivity contribution >= 4 is 12.4 Å². The number of hydrogen-bond acceptors (Lipinski definition) is 2. The monoisotopic (exact) mass is 310 g/mol. The Hall–Kier alpha value is -2.29. The zero-order chi connectivity index (χ0) is 16.5. The summed E-state index contributed by atoms with van der Waals surface area (Å²) < 4.78 is 14.0. The van der Waals surface area contributed by atoms with E-state index in [4.69, 9.17) is 0 Å². The van der Waals surface area contributed by atoms with E-state index in [0.717, 1.165) is 24.0 Å². The molecule has 0 aromatic heterocycles. The molecule has 3 heteroatoms. The van der Waals surface area contributed by atoms with Gasteiger partial charge < -0.3 is 0 Å². The highest BCUT2D eigenvalue weighted by molar-refractivity contribution is 5.82. The number of hydrogen-bond donors (Lipinski definition) is 0. The molecule has 0 atom stereocenters. The number of unbranched alkanes of at least 4 members (excludes halogenated alkanes) is 2. The molecule has 2 aromatic rings. The van der Waals surface area contributed by atoms with Crippen molar-refractivity contribution in [3.63, 3.8) is 0 Å². The SMILES string of the molecule is CCCCCc1ccc(/C=N/N=C/c2ccc(C)cc2)c(F)c1. The minimum Gasteiger partial charge on any atom is -0.206 e. The predicted molar refractivity (Wildman–Crippen MR) is 96.0 cm³/mol. The van der Waals surface area contributed by atoms with Crippen LogP contribution in [0.3, 0.4) is 0 Å². The zero-order valence-electron chi connectivity index (χ0n) is 13.8. The van der Waals surface area contributed by atoms with Gasteiger partial charge in [0.1, 0.15) is 5.82 Å². The Kier molecular flexibility index (Phi) is 6.67. The molecule has 0 radical (unpaired) electrons. The first-order chi connectivity index (χ1) is 11.2. The predicted octanol–water partition coefficient (Wildman–Crippen LogP) is 5.32. The topological polar surface area (TPSA) is 24.7 Å². The van der Waals surface area contributed by atoms with E-state index < -0.39 is 0 Å². The maximum atomic E-state index is 14.0. The van der Waals surface area contributed by atoms with Crippen molar-refractivity contribution in [3.8, 4) is 0 Å². The average Bonchev–Trinajstić information content (AvgIpc) is 2.55. The molecule has 0 aliphatic heterocycles. The first-order valence-electron chi connectivity index (χ1n) is 8.10. The van der Waals surface area contributed by atoms with Gasteiger partial charge in [0.25, 0.3) is 0 Å². The summed E-state index contributed by atoms with van der Waals surface area (Å²) in [5, 5.41) is 7.90. The van der Waals surface area contributed by atoms with Crippen molar-refractivity contribution in [2.24, 2.45) is 10.2 Å². The maximum Gasteiger partial charge on any atom is 0.132 e. The molecule has 0 spiro atoms. The normalized spacial score (nSPS) is 11.6. The molecule has 0 amide bonds. The molecule has 0 heterocycles. The molecule has 2 aromatic carbocycles. The Morgan fingerprint density at radius 3 is 2.39 bits per heavy atom. The fraction of sp³-hybridized carbons (Fsp3) is 0.300. The third kappa shape index (κ3) is 5.78. The van der Waals surface area contributed by atoms with Crippen LogP contribution in [0.5, 0.6) is 0 Å². The van der Waals surface area contributed by atoms with Gasteiger partial charge in [0.05, 0.1) is 12.4 Å². The second-order valence-corrected chi connectivity index (χ2v) is 5.71. The van der Waals surface area contributed by atoms with E-state index in [0.29, 0.717) is 5.56 Å². The van der Waals surface area contributed by atoms with Gasteiger partial charge >= 0.3 is 0 Å². The zero-order valence-corrected chi connectivity index (χ0v) is 13.8. The number of aryl methyl sites for hydroxylation is 2. The van der Waals surface area contributed by atoms with E-state index in [-0.39, 0.29) is 5.82 Å². The number of benzene rings is 2. The quantitative estimate of drug-likeness (QED) is 0.376. The fourth-order valence-electron chi connectivity index (χ4n) is 2.26. The van der Waals surface area contributed by atoms with Crippen LogP contribution in [0.2, 0.25) is 0 Å². The van der Waals surface area contributed by atoms with Gasteiger partial charge in [0, 0.05) is 5.56 Å². The minimum atomic E-state index is -0.242. The molecule has 2 rings (SSSR count). The Morgan fingerprint density at radius 1 is 0.957 bits per heavy atom. The van der Waals surface area contributed by atoms with Crippen LogP contribution in [0.1, 0.15) is 48.4 Å². The third-order valence-corrected chi connectivity index (χ3v) is 3.68. The van der Waals surface area contributed by atoms with Gasteiger partial charge in [-0.05, 0) is 37.0 Å². The molecule has 0 fully saturated rings. The second kappa shape index (κ2) is 8.99. The number of halogens is 1. The van der Waals surface area contributed by atoms with Gasteiger partial charge in [-0.3, -0.25) is 0 Å². The summed E-state index contributed by atoms with van der Waals surface area (Å²) in [5.74, 6) is -0.242.